The summed E-state index contributed by atoms with van der Waals surface area (Å²) in [5, 5.41) is 3.40. The fourth-order valence-corrected chi connectivity index (χ4v) is 5.93. The Kier molecular flexibility index (Phi) is 6.11. The number of halogens is 3. The van der Waals surface area contributed by atoms with E-state index in [1.165, 1.54) is 39.0 Å². The molecule has 0 radical (unpaired) electrons. The normalized spacial score (nSPS) is 13.9. The number of fused-ring (bicyclic) bond motifs is 3. The van der Waals surface area contributed by atoms with Crippen molar-refractivity contribution in [2.24, 2.45) is 0 Å². The maximum Gasteiger partial charge on any atom is 0.418 e. The number of alkyl halides is 3. The topological polar surface area (TPSA) is 64.0 Å². The van der Waals surface area contributed by atoms with Gasteiger partial charge in [-0.15, -0.1) is 11.3 Å². The Balaban J connectivity index is 1.57. The van der Waals surface area contributed by atoms with Crippen LogP contribution in [0.15, 0.2) is 34.2 Å². The Morgan fingerprint density at radius 3 is 2.74 bits per heavy atom. The van der Waals surface area contributed by atoms with E-state index in [2.05, 4.69) is 10.3 Å². The average molecular weight is 468 g/mol. The lowest BCUT2D eigenvalue weighted by Crippen LogP contribution is -2.24. The van der Waals surface area contributed by atoms with Gasteiger partial charge in [-0.1, -0.05) is 23.9 Å². The van der Waals surface area contributed by atoms with Gasteiger partial charge in [0, 0.05) is 11.4 Å². The number of hydrogen-bond donors (Lipinski definition) is 1. The van der Waals surface area contributed by atoms with E-state index < -0.39 is 17.6 Å². The number of rotatable bonds is 5. The lowest BCUT2D eigenvalue weighted by molar-refractivity contribution is -0.137. The number of nitrogens with one attached hydrogen (secondary N) is 1. The summed E-state index contributed by atoms with van der Waals surface area (Å²) in [6.45, 7) is 2.23. The van der Waals surface area contributed by atoms with Crippen molar-refractivity contribution in [1.29, 1.82) is 0 Å². The zero-order valence-electron chi connectivity index (χ0n) is 16.7. The molecule has 1 amide bonds. The summed E-state index contributed by atoms with van der Waals surface area (Å²) in [7, 11) is 0. The van der Waals surface area contributed by atoms with Crippen molar-refractivity contribution in [2.75, 3.05) is 11.1 Å². The highest BCUT2D eigenvalue weighted by Crippen LogP contribution is 2.36. The molecule has 0 unspecified atom stereocenters. The van der Waals surface area contributed by atoms with Gasteiger partial charge in [-0.25, -0.2) is 4.98 Å². The Bertz CT molecular complexity index is 1200. The van der Waals surface area contributed by atoms with Crippen LogP contribution in [-0.4, -0.2) is 21.2 Å². The summed E-state index contributed by atoms with van der Waals surface area (Å²) < 4.78 is 40.9. The number of nitrogens with zero attached hydrogens (tertiary/aromatic N) is 2. The zero-order valence-corrected chi connectivity index (χ0v) is 18.3. The van der Waals surface area contributed by atoms with E-state index in [-0.39, 0.29) is 17.0 Å². The van der Waals surface area contributed by atoms with Crippen LogP contribution in [0.5, 0.6) is 0 Å². The van der Waals surface area contributed by atoms with Crippen LogP contribution in [0.4, 0.5) is 18.9 Å². The lowest BCUT2D eigenvalue weighted by Gasteiger charge is -2.14. The number of aryl methyl sites for hydroxylation is 2. The summed E-state index contributed by atoms with van der Waals surface area (Å²) in [5.41, 5.74) is -0.202. The first-order valence-electron chi connectivity index (χ1n) is 9.93. The van der Waals surface area contributed by atoms with Crippen molar-refractivity contribution < 1.29 is 18.0 Å². The molecule has 3 aromatic rings. The number of thiophene rings is 1. The van der Waals surface area contributed by atoms with Crippen molar-refractivity contribution in [1.82, 2.24) is 9.55 Å². The second kappa shape index (κ2) is 8.66. The third kappa shape index (κ3) is 4.36. The highest BCUT2D eigenvalue weighted by atomic mass is 32.2. The van der Waals surface area contributed by atoms with Crippen LogP contribution >= 0.6 is 23.1 Å². The molecule has 31 heavy (non-hydrogen) atoms. The fourth-order valence-electron chi connectivity index (χ4n) is 3.76. The SMILES string of the molecule is CCn1c(SCC(=O)Nc2ccccc2C(F)(F)F)nc2sc3c(c2c1=O)CCCC3. The summed E-state index contributed by atoms with van der Waals surface area (Å²) in [6, 6.07) is 4.84. The second-order valence-corrected chi connectivity index (χ2v) is 9.24. The minimum atomic E-state index is -4.56. The molecule has 1 aliphatic rings. The maximum atomic E-state index is 13.1. The molecule has 0 spiro atoms. The van der Waals surface area contributed by atoms with Gasteiger partial charge in [-0.05, 0) is 50.3 Å². The van der Waals surface area contributed by atoms with Crippen LogP contribution in [0.3, 0.4) is 0 Å². The molecule has 0 bridgehead atoms. The van der Waals surface area contributed by atoms with E-state index >= 15 is 0 Å². The molecular formula is C21H20F3N3O2S2. The van der Waals surface area contributed by atoms with Crippen LogP contribution in [0, 0.1) is 0 Å². The standard InChI is InChI=1S/C21H20F3N3O2S2/c1-2-27-19(29)17-12-7-3-6-10-15(12)31-18(17)26-20(27)30-11-16(28)25-14-9-5-4-8-13(14)21(22,23)24/h4-5,8-9H,2-3,6-7,10-11H2,1H3,(H,25,28). The van der Waals surface area contributed by atoms with E-state index in [1.54, 1.807) is 0 Å². The molecule has 0 fully saturated rings. The molecule has 0 aliphatic heterocycles. The van der Waals surface area contributed by atoms with E-state index in [0.717, 1.165) is 49.1 Å². The summed E-state index contributed by atoms with van der Waals surface area (Å²) in [6.07, 6.45) is -0.580. The Morgan fingerprint density at radius 2 is 2.00 bits per heavy atom. The first-order valence-corrected chi connectivity index (χ1v) is 11.7. The van der Waals surface area contributed by atoms with Crippen LogP contribution in [0.25, 0.3) is 10.2 Å². The number of carbonyl (C=O) groups is 1. The van der Waals surface area contributed by atoms with Gasteiger partial charge >= 0.3 is 6.18 Å². The third-order valence-corrected chi connectivity index (χ3v) is 7.36. The van der Waals surface area contributed by atoms with Gasteiger partial charge in [-0.2, -0.15) is 13.2 Å². The molecule has 2 aromatic heterocycles. The monoisotopic (exact) mass is 467 g/mol. The second-order valence-electron chi connectivity index (χ2n) is 7.22. The Hall–Kier alpha value is -2.33. The largest absolute Gasteiger partial charge is 0.418 e. The van der Waals surface area contributed by atoms with Crippen molar-refractivity contribution in [3.63, 3.8) is 0 Å². The van der Waals surface area contributed by atoms with Gasteiger partial charge in [0.05, 0.1) is 22.4 Å². The molecule has 1 aliphatic carbocycles. The number of carbonyl (C=O) groups excluding carboxylic acids is 1. The highest BCUT2D eigenvalue weighted by Gasteiger charge is 2.33. The molecule has 1 aromatic carbocycles. The predicted molar refractivity (Wildman–Crippen MR) is 117 cm³/mol. The zero-order chi connectivity index (χ0) is 22.2. The first kappa shape index (κ1) is 21.9. The molecule has 1 N–H and O–H groups in total. The molecule has 10 heteroatoms. The van der Waals surface area contributed by atoms with E-state index in [9.17, 15) is 22.8 Å². The average Bonchev–Trinajstić information content (AvgIpc) is 3.10. The fraction of sp³-hybridized carbons (Fsp3) is 0.381. The van der Waals surface area contributed by atoms with E-state index in [0.29, 0.717) is 21.9 Å². The molecule has 4 rings (SSSR count). The van der Waals surface area contributed by atoms with Crippen LogP contribution in [-0.2, 0) is 30.4 Å². The van der Waals surface area contributed by atoms with Crippen LogP contribution in [0.1, 0.15) is 35.8 Å². The Labute approximate surface area is 184 Å². The van der Waals surface area contributed by atoms with Gasteiger partial charge in [0.2, 0.25) is 5.91 Å². The van der Waals surface area contributed by atoms with Gasteiger partial charge in [0.25, 0.3) is 5.56 Å². The summed E-state index contributed by atoms with van der Waals surface area (Å²) in [5.74, 6) is -0.751. The number of para-hydroxylation sites is 1. The number of benzene rings is 1. The lowest BCUT2D eigenvalue weighted by atomic mass is 9.97. The quantitative estimate of drug-likeness (QED) is 0.419. The summed E-state index contributed by atoms with van der Waals surface area (Å²) in [4.78, 5) is 32.0. The maximum absolute atomic E-state index is 13.1. The number of anilines is 1. The minimum Gasteiger partial charge on any atom is -0.325 e. The molecule has 164 valence electrons. The van der Waals surface area contributed by atoms with Crippen molar-refractivity contribution in [2.45, 2.75) is 50.5 Å². The number of thioether (sulfide) groups is 1. The molecular weight excluding hydrogens is 447 g/mol. The summed E-state index contributed by atoms with van der Waals surface area (Å²) >= 11 is 2.58. The van der Waals surface area contributed by atoms with E-state index in [4.69, 9.17) is 0 Å². The van der Waals surface area contributed by atoms with Gasteiger partial charge in [0.15, 0.2) is 5.16 Å². The molecule has 0 atom stereocenters. The van der Waals surface area contributed by atoms with Crippen LogP contribution < -0.4 is 10.9 Å². The number of aromatic nitrogens is 2. The van der Waals surface area contributed by atoms with Crippen molar-refractivity contribution in [3.05, 3.63) is 50.6 Å². The Morgan fingerprint density at radius 1 is 1.26 bits per heavy atom. The van der Waals surface area contributed by atoms with Gasteiger partial charge in [-0.3, -0.25) is 14.2 Å². The van der Waals surface area contributed by atoms with E-state index in [1.807, 2.05) is 6.92 Å². The number of hydrogen-bond acceptors (Lipinski definition) is 5. The highest BCUT2D eigenvalue weighted by molar-refractivity contribution is 7.99. The smallest absolute Gasteiger partial charge is 0.325 e. The molecule has 2 heterocycles. The predicted octanol–water partition coefficient (Wildman–Crippen LogP) is 5.11. The van der Waals surface area contributed by atoms with Crippen molar-refractivity contribution in [3.8, 4) is 0 Å². The molecule has 0 saturated carbocycles. The van der Waals surface area contributed by atoms with Gasteiger partial charge < -0.3 is 5.32 Å². The molecule has 5 nitrogen and oxygen atoms in total. The minimum absolute atomic E-state index is 0.114. The van der Waals surface area contributed by atoms with Gasteiger partial charge in [0.1, 0.15) is 4.83 Å². The first-order chi connectivity index (χ1) is 14.8. The number of amides is 1. The third-order valence-electron chi connectivity index (χ3n) is 5.19. The molecule has 0 saturated heterocycles. The van der Waals surface area contributed by atoms with Crippen molar-refractivity contribution >= 4 is 44.9 Å². The van der Waals surface area contributed by atoms with Crippen LogP contribution in [0.2, 0.25) is 0 Å².